The number of hydrogen-bond donors (Lipinski definition) is 1. The SMILES string of the molecule is Cc1ccc2c(c1)CCCN2C(=O)C(C)CCCN. The van der Waals surface area contributed by atoms with E-state index in [0.717, 1.165) is 37.9 Å². The van der Waals surface area contributed by atoms with Crippen molar-refractivity contribution in [3.8, 4) is 0 Å². The maximum atomic E-state index is 12.5. The van der Waals surface area contributed by atoms with Crippen LogP contribution >= 0.6 is 0 Å². The maximum absolute atomic E-state index is 12.5. The molecular weight excluding hydrogens is 236 g/mol. The van der Waals surface area contributed by atoms with Crippen molar-refractivity contribution in [3.63, 3.8) is 0 Å². The molecule has 1 amide bonds. The first-order valence-corrected chi connectivity index (χ1v) is 7.24. The van der Waals surface area contributed by atoms with Gasteiger partial charge in [-0.1, -0.05) is 24.6 Å². The van der Waals surface area contributed by atoms with Gasteiger partial charge in [-0.05, 0) is 50.8 Å². The first-order valence-electron chi connectivity index (χ1n) is 7.24. The average Bonchev–Trinajstić information content (AvgIpc) is 2.42. The van der Waals surface area contributed by atoms with Gasteiger partial charge in [-0.15, -0.1) is 0 Å². The molecule has 0 saturated carbocycles. The van der Waals surface area contributed by atoms with Crippen molar-refractivity contribution in [2.24, 2.45) is 11.7 Å². The van der Waals surface area contributed by atoms with E-state index >= 15 is 0 Å². The van der Waals surface area contributed by atoms with E-state index < -0.39 is 0 Å². The molecule has 1 aliphatic rings. The van der Waals surface area contributed by atoms with Gasteiger partial charge in [0.2, 0.25) is 5.91 Å². The Morgan fingerprint density at radius 1 is 1.47 bits per heavy atom. The number of hydrogen-bond acceptors (Lipinski definition) is 2. The van der Waals surface area contributed by atoms with Gasteiger partial charge in [-0.2, -0.15) is 0 Å². The van der Waals surface area contributed by atoms with Crippen LogP contribution in [-0.4, -0.2) is 19.0 Å². The number of fused-ring (bicyclic) bond motifs is 1. The van der Waals surface area contributed by atoms with Gasteiger partial charge in [0, 0.05) is 18.2 Å². The highest BCUT2D eigenvalue weighted by molar-refractivity contribution is 5.96. The molecule has 0 radical (unpaired) electrons. The van der Waals surface area contributed by atoms with Crippen molar-refractivity contribution in [1.82, 2.24) is 0 Å². The summed E-state index contributed by atoms with van der Waals surface area (Å²) in [6.07, 6.45) is 3.94. The summed E-state index contributed by atoms with van der Waals surface area (Å²) in [4.78, 5) is 14.5. The van der Waals surface area contributed by atoms with Crippen molar-refractivity contribution in [2.75, 3.05) is 18.0 Å². The van der Waals surface area contributed by atoms with Crippen LogP contribution in [0.2, 0.25) is 0 Å². The van der Waals surface area contributed by atoms with Gasteiger partial charge < -0.3 is 10.6 Å². The Morgan fingerprint density at radius 3 is 3.00 bits per heavy atom. The zero-order valence-corrected chi connectivity index (χ0v) is 12.0. The lowest BCUT2D eigenvalue weighted by molar-refractivity contribution is -0.122. The van der Waals surface area contributed by atoms with E-state index in [2.05, 4.69) is 25.1 Å². The number of aryl methyl sites for hydroxylation is 2. The molecule has 1 aliphatic heterocycles. The van der Waals surface area contributed by atoms with E-state index in [-0.39, 0.29) is 11.8 Å². The molecule has 2 rings (SSSR count). The highest BCUT2D eigenvalue weighted by Crippen LogP contribution is 2.29. The summed E-state index contributed by atoms with van der Waals surface area (Å²) in [6.45, 7) is 5.63. The van der Waals surface area contributed by atoms with Crippen LogP contribution in [0.15, 0.2) is 18.2 Å². The fourth-order valence-electron chi connectivity index (χ4n) is 2.77. The van der Waals surface area contributed by atoms with Crippen LogP contribution in [0.5, 0.6) is 0 Å². The average molecular weight is 260 g/mol. The standard InChI is InChI=1S/C16H24N2O/c1-12-7-8-15-14(11-12)6-4-10-18(15)16(19)13(2)5-3-9-17/h7-8,11,13H,3-6,9-10,17H2,1-2H3. The number of carbonyl (C=O) groups is 1. The number of nitrogens with two attached hydrogens (primary N) is 1. The third-order valence-electron chi connectivity index (χ3n) is 3.88. The van der Waals surface area contributed by atoms with E-state index in [1.165, 1.54) is 11.1 Å². The predicted octanol–water partition coefficient (Wildman–Crippen LogP) is 2.65. The van der Waals surface area contributed by atoms with Gasteiger partial charge in [-0.3, -0.25) is 4.79 Å². The van der Waals surface area contributed by atoms with E-state index in [1.54, 1.807) is 0 Å². The first kappa shape index (κ1) is 14.1. The van der Waals surface area contributed by atoms with Crippen LogP contribution < -0.4 is 10.6 Å². The van der Waals surface area contributed by atoms with Gasteiger partial charge in [0.25, 0.3) is 0 Å². The smallest absolute Gasteiger partial charge is 0.229 e. The van der Waals surface area contributed by atoms with E-state index in [0.29, 0.717) is 6.54 Å². The highest BCUT2D eigenvalue weighted by atomic mass is 16.2. The van der Waals surface area contributed by atoms with E-state index in [1.807, 2.05) is 11.8 Å². The number of benzene rings is 1. The lowest BCUT2D eigenvalue weighted by Gasteiger charge is -2.31. The molecule has 1 unspecified atom stereocenters. The Balaban J connectivity index is 2.16. The maximum Gasteiger partial charge on any atom is 0.229 e. The minimum atomic E-state index is 0.0656. The minimum absolute atomic E-state index is 0.0656. The van der Waals surface area contributed by atoms with Crippen molar-refractivity contribution in [2.45, 2.75) is 39.5 Å². The molecule has 19 heavy (non-hydrogen) atoms. The molecule has 3 heteroatoms. The van der Waals surface area contributed by atoms with E-state index in [4.69, 9.17) is 5.73 Å². The number of anilines is 1. The van der Waals surface area contributed by atoms with Gasteiger partial charge in [0.15, 0.2) is 0 Å². The number of amides is 1. The highest BCUT2D eigenvalue weighted by Gasteiger charge is 2.25. The summed E-state index contributed by atoms with van der Waals surface area (Å²) in [7, 11) is 0. The molecule has 0 bridgehead atoms. The monoisotopic (exact) mass is 260 g/mol. The van der Waals surface area contributed by atoms with Crippen molar-refractivity contribution in [3.05, 3.63) is 29.3 Å². The molecule has 1 aromatic carbocycles. The second kappa shape index (κ2) is 6.20. The lowest BCUT2D eigenvalue weighted by atomic mass is 9.97. The van der Waals surface area contributed by atoms with Crippen molar-refractivity contribution >= 4 is 11.6 Å². The summed E-state index contributed by atoms with van der Waals surface area (Å²) in [5, 5.41) is 0. The quantitative estimate of drug-likeness (QED) is 0.904. The molecule has 0 aromatic heterocycles. The van der Waals surface area contributed by atoms with Crippen LogP contribution in [-0.2, 0) is 11.2 Å². The normalized spacial score (nSPS) is 16.1. The third-order valence-corrected chi connectivity index (χ3v) is 3.88. The molecule has 3 nitrogen and oxygen atoms in total. The van der Waals surface area contributed by atoms with Crippen LogP contribution in [0, 0.1) is 12.8 Å². The van der Waals surface area contributed by atoms with Crippen LogP contribution in [0.4, 0.5) is 5.69 Å². The Hall–Kier alpha value is -1.35. The van der Waals surface area contributed by atoms with Gasteiger partial charge in [0.1, 0.15) is 0 Å². The Bertz CT molecular complexity index is 456. The largest absolute Gasteiger partial charge is 0.330 e. The van der Waals surface area contributed by atoms with Crippen LogP contribution in [0.3, 0.4) is 0 Å². The minimum Gasteiger partial charge on any atom is -0.330 e. The second-order valence-corrected chi connectivity index (χ2v) is 5.56. The molecule has 0 fully saturated rings. The molecule has 1 heterocycles. The van der Waals surface area contributed by atoms with Gasteiger partial charge in [0.05, 0.1) is 0 Å². The molecule has 1 aromatic rings. The third kappa shape index (κ3) is 3.16. The van der Waals surface area contributed by atoms with Crippen LogP contribution in [0.25, 0.3) is 0 Å². The summed E-state index contributed by atoms with van der Waals surface area (Å²) >= 11 is 0. The number of carbonyl (C=O) groups excluding carboxylic acids is 1. The Kier molecular flexibility index (Phi) is 4.59. The molecule has 0 saturated heterocycles. The van der Waals surface area contributed by atoms with Crippen molar-refractivity contribution in [1.29, 1.82) is 0 Å². The molecule has 104 valence electrons. The summed E-state index contributed by atoms with van der Waals surface area (Å²) in [5.41, 5.74) is 9.21. The second-order valence-electron chi connectivity index (χ2n) is 5.56. The Labute approximate surface area is 115 Å². The van der Waals surface area contributed by atoms with Crippen LogP contribution in [0.1, 0.15) is 37.3 Å². The number of nitrogens with zero attached hydrogens (tertiary/aromatic N) is 1. The Morgan fingerprint density at radius 2 is 2.26 bits per heavy atom. The lowest BCUT2D eigenvalue weighted by Crippen LogP contribution is -2.39. The summed E-state index contributed by atoms with van der Waals surface area (Å²) < 4.78 is 0. The zero-order chi connectivity index (χ0) is 13.8. The summed E-state index contributed by atoms with van der Waals surface area (Å²) in [5.74, 6) is 0.314. The molecular formula is C16H24N2O. The van der Waals surface area contributed by atoms with E-state index in [9.17, 15) is 4.79 Å². The van der Waals surface area contributed by atoms with Gasteiger partial charge >= 0.3 is 0 Å². The molecule has 2 N–H and O–H groups in total. The molecule has 0 aliphatic carbocycles. The van der Waals surface area contributed by atoms with Crippen molar-refractivity contribution < 1.29 is 4.79 Å². The number of rotatable bonds is 4. The molecule has 1 atom stereocenters. The predicted molar refractivity (Wildman–Crippen MR) is 79.3 cm³/mol. The topological polar surface area (TPSA) is 46.3 Å². The zero-order valence-electron chi connectivity index (χ0n) is 12.0. The fourth-order valence-corrected chi connectivity index (χ4v) is 2.77. The molecule has 0 spiro atoms. The first-order chi connectivity index (χ1) is 9.13. The summed E-state index contributed by atoms with van der Waals surface area (Å²) in [6, 6.07) is 6.39. The van der Waals surface area contributed by atoms with Gasteiger partial charge in [-0.25, -0.2) is 0 Å². The fraction of sp³-hybridized carbons (Fsp3) is 0.562.